The number of likely N-dealkylation sites (tertiary alicyclic amines) is 1. The van der Waals surface area contributed by atoms with Gasteiger partial charge in [0.05, 0.1) is 5.52 Å². The zero-order valence-corrected chi connectivity index (χ0v) is 20.0. The van der Waals surface area contributed by atoms with Crippen LogP contribution < -0.4 is 11.1 Å². The van der Waals surface area contributed by atoms with E-state index in [1.807, 2.05) is 30.3 Å². The highest BCUT2D eigenvalue weighted by atomic mass is 35.5. The monoisotopic (exact) mass is 502 g/mol. The van der Waals surface area contributed by atoms with Crippen molar-refractivity contribution in [3.05, 3.63) is 65.4 Å². The second-order valence-electron chi connectivity index (χ2n) is 9.36. The van der Waals surface area contributed by atoms with Gasteiger partial charge < -0.3 is 16.0 Å². The van der Waals surface area contributed by atoms with Crippen LogP contribution in [0.5, 0.6) is 0 Å². The second kappa shape index (κ2) is 8.60. The summed E-state index contributed by atoms with van der Waals surface area (Å²) >= 11 is 6.20. The van der Waals surface area contributed by atoms with E-state index in [1.165, 1.54) is 4.68 Å². The quantitative estimate of drug-likeness (QED) is 0.405. The van der Waals surface area contributed by atoms with Crippen LogP contribution in [-0.4, -0.2) is 49.5 Å². The van der Waals surface area contributed by atoms with Gasteiger partial charge in [0.2, 0.25) is 11.8 Å². The molecule has 2 aromatic carbocycles. The number of carbonyl (C=O) groups is 3. The van der Waals surface area contributed by atoms with Crippen molar-refractivity contribution in [2.24, 2.45) is 11.7 Å². The molecule has 2 aromatic heterocycles. The highest BCUT2D eigenvalue weighted by Crippen LogP contribution is 2.43. The van der Waals surface area contributed by atoms with E-state index < -0.39 is 11.9 Å². The molecule has 9 nitrogen and oxygen atoms in total. The number of amides is 3. The molecule has 3 amide bonds. The zero-order chi connectivity index (χ0) is 25.0. The van der Waals surface area contributed by atoms with Crippen LogP contribution in [0.25, 0.3) is 21.7 Å². The molecule has 0 radical (unpaired) electrons. The predicted molar refractivity (Wildman–Crippen MR) is 135 cm³/mol. The predicted octanol–water partition coefficient (Wildman–Crippen LogP) is 3.36. The Morgan fingerprint density at radius 3 is 2.61 bits per heavy atom. The Kier molecular flexibility index (Phi) is 5.37. The van der Waals surface area contributed by atoms with Gasteiger partial charge in [-0.25, -0.2) is 4.98 Å². The van der Waals surface area contributed by atoms with Crippen LogP contribution in [-0.2, 0) is 16.1 Å². The average molecular weight is 503 g/mol. The summed E-state index contributed by atoms with van der Waals surface area (Å²) in [4.78, 5) is 45.1. The molecular formula is C26H23ClN6O3. The Morgan fingerprint density at radius 1 is 1.06 bits per heavy atom. The molecule has 3 atom stereocenters. The Balaban J connectivity index is 1.29. The molecule has 2 aliphatic rings. The van der Waals surface area contributed by atoms with Crippen molar-refractivity contribution in [1.29, 1.82) is 0 Å². The van der Waals surface area contributed by atoms with Gasteiger partial charge in [-0.15, -0.1) is 0 Å². The number of pyridine rings is 1. The normalized spacial score (nSPS) is 20.8. The molecule has 6 rings (SSSR count). The lowest BCUT2D eigenvalue weighted by atomic mass is 9.97. The van der Waals surface area contributed by atoms with Crippen molar-refractivity contribution in [3.63, 3.8) is 0 Å². The maximum Gasteiger partial charge on any atom is 0.269 e. The lowest BCUT2D eigenvalue weighted by Gasteiger charge is -2.34. The molecule has 0 unspecified atom stereocenters. The summed E-state index contributed by atoms with van der Waals surface area (Å²) in [6.45, 7) is -0.0981. The van der Waals surface area contributed by atoms with Gasteiger partial charge >= 0.3 is 0 Å². The third-order valence-electron chi connectivity index (χ3n) is 7.27. The van der Waals surface area contributed by atoms with Gasteiger partial charge in [-0.2, -0.15) is 5.10 Å². The number of halogens is 1. The summed E-state index contributed by atoms with van der Waals surface area (Å²) in [7, 11) is 0. The smallest absolute Gasteiger partial charge is 0.269 e. The van der Waals surface area contributed by atoms with E-state index in [2.05, 4.69) is 15.4 Å². The Morgan fingerprint density at radius 2 is 1.81 bits per heavy atom. The van der Waals surface area contributed by atoms with Gasteiger partial charge in [0.1, 0.15) is 23.6 Å². The maximum atomic E-state index is 13.6. The lowest BCUT2D eigenvalue weighted by Crippen LogP contribution is -2.52. The van der Waals surface area contributed by atoms with Crippen molar-refractivity contribution >= 4 is 56.8 Å². The number of piperidine rings is 1. The fourth-order valence-electron chi connectivity index (χ4n) is 5.78. The fourth-order valence-corrected chi connectivity index (χ4v) is 5.98. The summed E-state index contributed by atoms with van der Waals surface area (Å²) in [6, 6.07) is 15.8. The molecule has 182 valence electrons. The van der Waals surface area contributed by atoms with Crippen LogP contribution in [0.4, 0.5) is 5.82 Å². The number of nitrogens with zero attached hydrogens (tertiary/aromatic N) is 4. The molecule has 1 saturated carbocycles. The topological polar surface area (TPSA) is 123 Å². The van der Waals surface area contributed by atoms with Crippen molar-refractivity contribution in [2.75, 3.05) is 5.32 Å². The van der Waals surface area contributed by atoms with Gasteiger partial charge in [0.15, 0.2) is 5.69 Å². The van der Waals surface area contributed by atoms with Crippen LogP contribution >= 0.6 is 11.6 Å². The van der Waals surface area contributed by atoms with E-state index >= 15 is 0 Å². The van der Waals surface area contributed by atoms with E-state index in [0.29, 0.717) is 16.7 Å². The molecule has 2 bridgehead atoms. The van der Waals surface area contributed by atoms with Crippen LogP contribution in [0.1, 0.15) is 29.8 Å². The van der Waals surface area contributed by atoms with Gasteiger partial charge in [-0.1, -0.05) is 54.1 Å². The lowest BCUT2D eigenvalue weighted by molar-refractivity contribution is -0.141. The maximum absolute atomic E-state index is 13.6. The van der Waals surface area contributed by atoms with E-state index in [4.69, 9.17) is 17.3 Å². The van der Waals surface area contributed by atoms with Crippen LogP contribution in [0, 0.1) is 5.92 Å². The summed E-state index contributed by atoms with van der Waals surface area (Å²) in [6.07, 6.45) is 2.51. The van der Waals surface area contributed by atoms with Gasteiger partial charge in [0, 0.05) is 16.8 Å². The molecule has 2 fully saturated rings. The number of primary amides is 1. The third kappa shape index (κ3) is 3.67. The number of aromatic nitrogens is 3. The number of rotatable bonds is 5. The SMILES string of the molecule is NC(=O)c1nn(CC(=O)N2[C@@H]3CC[C@@H](C3)[C@H]2C(=O)Nc2nc(Cl)cc3ccccc23)c2ccccc12. The number of carbonyl (C=O) groups excluding carboxylic acids is 3. The summed E-state index contributed by atoms with van der Waals surface area (Å²) in [5.41, 5.74) is 6.26. The van der Waals surface area contributed by atoms with Gasteiger partial charge in [0.25, 0.3) is 5.91 Å². The summed E-state index contributed by atoms with van der Waals surface area (Å²) < 4.78 is 1.49. The summed E-state index contributed by atoms with van der Waals surface area (Å²) in [5.74, 6) is -0.715. The molecule has 1 aliphatic heterocycles. The zero-order valence-electron chi connectivity index (χ0n) is 19.2. The van der Waals surface area contributed by atoms with Crippen molar-refractivity contribution in [1.82, 2.24) is 19.7 Å². The van der Waals surface area contributed by atoms with Gasteiger partial charge in [-0.05, 0) is 42.7 Å². The minimum absolute atomic E-state index is 0.0141. The first kappa shape index (κ1) is 22.5. The van der Waals surface area contributed by atoms with Crippen molar-refractivity contribution in [2.45, 2.75) is 37.9 Å². The van der Waals surface area contributed by atoms with Crippen molar-refractivity contribution in [3.8, 4) is 0 Å². The molecule has 3 N–H and O–H groups in total. The first-order valence-electron chi connectivity index (χ1n) is 11.8. The largest absolute Gasteiger partial charge is 0.364 e. The van der Waals surface area contributed by atoms with Crippen molar-refractivity contribution < 1.29 is 14.4 Å². The van der Waals surface area contributed by atoms with Gasteiger partial charge in [-0.3, -0.25) is 19.1 Å². The molecule has 1 saturated heterocycles. The number of hydrogen-bond acceptors (Lipinski definition) is 5. The first-order chi connectivity index (χ1) is 17.4. The number of nitrogens with two attached hydrogens (primary N) is 1. The highest BCUT2D eigenvalue weighted by Gasteiger charge is 2.51. The molecule has 36 heavy (non-hydrogen) atoms. The molecule has 4 aromatic rings. The number of nitrogens with one attached hydrogen (secondary N) is 1. The Hall–Kier alpha value is -3.98. The number of hydrogen-bond donors (Lipinski definition) is 2. The first-order valence-corrected chi connectivity index (χ1v) is 12.2. The van der Waals surface area contributed by atoms with E-state index in [0.717, 1.165) is 30.0 Å². The fraction of sp³-hybridized carbons (Fsp3) is 0.269. The molecule has 3 heterocycles. The van der Waals surface area contributed by atoms with Crippen LogP contribution in [0.3, 0.4) is 0 Å². The standard InChI is InChI=1S/C26H23ClN6O3/c27-20-12-14-5-1-2-6-17(14)25(29-20)30-26(36)23-15-9-10-16(11-15)33(23)21(34)13-32-19-8-4-3-7-18(19)22(31-32)24(28)35/h1-8,12,15-16,23H,9-11,13H2,(H2,28,35)(H,29,30,36)/t15-,16+,23-/m0/s1. The molecule has 0 spiro atoms. The minimum Gasteiger partial charge on any atom is -0.364 e. The third-order valence-corrected chi connectivity index (χ3v) is 7.46. The van der Waals surface area contributed by atoms with E-state index in [9.17, 15) is 14.4 Å². The van der Waals surface area contributed by atoms with Crippen LogP contribution in [0.15, 0.2) is 54.6 Å². The number of benzene rings is 2. The molecule has 1 aliphatic carbocycles. The van der Waals surface area contributed by atoms with E-state index in [-0.39, 0.29) is 41.2 Å². The Labute approximate surface area is 211 Å². The van der Waals surface area contributed by atoms with Crippen LogP contribution in [0.2, 0.25) is 5.15 Å². The second-order valence-corrected chi connectivity index (χ2v) is 9.75. The van der Waals surface area contributed by atoms with E-state index in [1.54, 1.807) is 29.2 Å². The minimum atomic E-state index is -0.656. The average Bonchev–Trinajstić information content (AvgIpc) is 3.57. The summed E-state index contributed by atoms with van der Waals surface area (Å²) in [5, 5.41) is 9.76. The Bertz CT molecular complexity index is 1550. The number of anilines is 1. The molecule has 10 heteroatoms. The molecular weight excluding hydrogens is 480 g/mol. The highest BCUT2D eigenvalue weighted by molar-refractivity contribution is 6.30. The number of para-hydroxylation sites is 1. The number of fused-ring (bicyclic) bond motifs is 4.